The van der Waals surface area contributed by atoms with Crippen molar-refractivity contribution in [2.45, 2.75) is 83.1 Å². The van der Waals surface area contributed by atoms with Gasteiger partial charge in [0.1, 0.15) is 0 Å². The van der Waals surface area contributed by atoms with Crippen LogP contribution in [0.15, 0.2) is 0 Å². The molecule has 136 valence electrons. The number of amides is 2. The number of nitrogens with zero attached hydrogens (tertiary/aromatic N) is 2. The largest absolute Gasteiger partial charge is 0.342 e. The van der Waals surface area contributed by atoms with Crippen molar-refractivity contribution in [3.05, 3.63) is 0 Å². The van der Waals surface area contributed by atoms with Crippen LogP contribution in [-0.4, -0.2) is 47.8 Å². The second-order valence-corrected chi connectivity index (χ2v) is 8.28. The minimum atomic E-state index is 0.0261. The quantitative estimate of drug-likeness (QED) is 0.788. The van der Waals surface area contributed by atoms with Gasteiger partial charge in [0.05, 0.1) is 5.92 Å². The molecule has 2 amide bonds. The number of hydrogen-bond donors (Lipinski definition) is 0. The van der Waals surface area contributed by atoms with Crippen LogP contribution in [0.1, 0.15) is 77.0 Å². The molecule has 0 bridgehead atoms. The Morgan fingerprint density at radius 3 is 2.29 bits per heavy atom. The van der Waals surface area contributed by atoms with E-state index in [2.05, 4.69) is 0 Å². The van der Waals surface area contributed by atoms with E-state index in [4.69, 9.17) is 0 Å². The molecule has 0 spiro atoms. The van der Waals surface area contributed by atoms with Gasteiger partial charge in [-0.1, -0.05) is 38.5 Å². The molecule has 3 fully saturated rings. The predicted molar refractivity (Wildman–Crippen MR) is 95.5 cm³/mol. The third-order valence-corrected chi connectivity index (χ3v) is 6.52. The molecule has 1 unspecified atom stereocenters. The van der Waals surface area contributed by atoms with Crippen molar-refractivity contribution in [2.75, 3.05) is 20.1 Å². The Kier molecular flexibility index (Phi) is 6.18. The molecule has 3 rings (SSSR count). The third kappa shape index (κ3) is 4.31. The van der Waals surface area contributed by atoms with Crippen LogP contribution in [-0.2, 0) is 9.59 Å². The summed E-state index contributed by atoms with van der Waals surface area (Å²) in [5.74, 6) is 1.24. The summed E-state index contributed by atoms with van der Waals surface area (Å²) in [4.78, 5) is 29.3. The smallest absolute Gasteiger partial charge is 0.227 e. The zero-order chi connectivity index (χ0) is 16.9. The van der Waals surface area contributed by atoms with Crippen molar-refractivity contribution in [1.82, 2.24) is 9.80 Å². The highest BCUT2D eigenvalue weighted by Gasteiger charge is 2.34. The lowest BCUT2D eigenvalue weighted by Crippen LogP contribution is -2.49. The number of rotatable bonds is 4. The zero-order valence-electron chi connectivity index (χ0n) is 15.3. The highest BCUT2D eigenvalue weighted by Crippen LogP contribution is 2.29. The Hall–Kier alpha value is -1.06. The molecule has 1 saturated heterocycles. The van der Waals surface area contributed by atoms with Gasteiger partial charge < -0.3 is 9.80 Å². The summed E-state index contributed by atoms with van der Waals surface area (Å²) in [5.41, 5.74) is 0. The van der Waals surface area contributed by atoms with Crippen LogP contribution in [0.4, 0.5) is 0 Å². The van der Waals surface area contributed by atoms with E-state index in [1.54, 1.807) is 0 Å². The second-order valence-electron chi connectivity index (χ2n) is 8.28. The summed E-state index contributed by atoms with van der Waals surface area (Å²) >= 11 is 0. The van der Waals surface area contributed by atoms with Crippen LogP contribution in [0, 0.1) is 11.8 Å². The van der Waals surface area contributed by atoms with E-state index in [0.717, 1.165) is 25.8 Å². The fourth-order valence-corrected chi connectivity index (χ4v) is 4.91. The molecule has 1 aliphatic heterocycles. The maximum atomic E-state index is 12.9. The first-order valence-electron chi connectivity index (χ1n) is 10.2. The zero-order valence-corrected chi connectivity index (χ0v) is 15.3. The van der Waals surface area contributed by atoms with Crippen molar-refractivity contribution in [3.63, 3.8) is 0 Å². The molecule has 0 radical (unpaired) electrons. The fraction of sp³-hybridized carbons (Fsp3) is 0.900. The molecule has 2 saturated carbocycles. The molecule has 1 heterocycles. The Morgan fingerprint density at radius 2 is 1.62 bits per heavy atom. The van der Waals surface area contributed by atoms with Crippen LogP contribution in [0.2, 0.25) is 0 Å². The minimum absolute atomic E-state index is 0.0261. The van der Waals surface area contributed by atoms with Crippen molar-refractivity contribution in [1.29, 1.82) is 0 Å². The van der Waals surface area contributed by atoms with Gasteiger partial charge in [-0.3, -0.25) is 9.59 Å². The van der Waals surface area contributed by atoms with E-state index in [9.17, 15) is 9.59 Å². The lowest BCUT2D eigenvalue weighted by molar-refractivity contribution is -0.144. The summed E-state index contributed by atoms with van der Waals surface area (Å²) in [6, 6.07) is 0.427. The van der Waals surface area contributed by atoms with Crippen molar-refractivity contribution < 1.29 is 9.59 Å². The lowest BCUT2D eigenvalue weighted by atomic mass is 9.87. The van der Waals surface area contributed by atoms with Gasteiger partial charge >= 0.3 is 0 Å². The fourth-order valence-electron chi connectivity index (χ4n) is 4.91. The van der Waals surface area contributed by atoms with Gasteiger partial charge in [0.25, 0.3) is 0 Å². The summed E-state index contributed by atoms with van der Waals surface area (Å²) < 4.78 is 0. The van der Waals surface area contributed by atoms with E-state index >= 15 is 0 Å². The lowest BCUT2D eigenvalue weighted by Gasteiger charge is -2.39. The van der Waals surface area contributed by atoms with Crippen LogP contribution >= 0.6 is 0 Å². The average Bonchev–Trinajstić information content (AvgIpc) is 2.64. The van der Waals surface area contributed by atoms with Crippen molar-refractivity contribution >= 4 is 11.8 Å². The van der Waals surface area contributed by atoms with Crippen LogP contribution < -0.4 is 0 Å². The highest BCUT2D eigenvalue weighted by molar-refractivity contribution is 5.84. The standard InChI is InChI=1S/C20H34N2O2/c1-21(18-10-6-3-7-11-18)20(24)17-12-13-19(23)22(15-17)14-16-8-4-2-5-9-16/h16-18H,2-15H2,1H3. The first-order chi connectivity index (χ1) is 11.6. The number of likely N-dealkylation sites (tertiary alicyclic amines) is 1. The van der Waals surface area contributed by atoms with E-state index in [1.807, 2.05) is 16.8 Å². The molecule has 3 aliphatic rings. The summed E-state index contributed by atoms with van der Waals surface area (Å²) in [6.07, 6.45) is 13.9. The molecule has 0 N–H and O–H groups in total. The third-order valence-electron chi connectivity index (χ3n) is 6.52. The molecule has 4 nitrogen and oxygen atoms in total. The van der Waals surface area contributed by atoms with Gasteiger partial charge in [-0.25, -0.2) is 0 Å². The number of carbonyl (C=O) groups is 2. The second kappa shape index (κ2) is 8.35. The van der Waals surface area contributed by atoms with E-state index in [0.29, 0.717) is 24.9 Å². The maximum Gasteiger partial charge on any atom is 0.227 e. The highest BCUT2D eigenvalue weighted by atomic mass is 16.2. The molecular weight excluding hydrogens is 300 g/mol. The Bertz CT molecular complexity index is 439. The van der Waals surface area contributed by atoms with Crippen molar-refractivity contribution in [3.8, 4) is 0 Å². The SMILES string of the molecule is CN(C(=O)C1CCC(=O)N(CC2CCCCC2)C1)C1CCCCC1. The number of hydrogen-bond acceptors (Lipinski definition) is 2. The number of piperidine rings is 1. The molecule has 4 heteroatoms. The van der Waals surface area contributed by atoms with E-state index in [-0.39, 0.29) is 17.7 Å². The first kappa shape index (κ1) is 17.8. The molecule has 2 aliphatic carbocycles. The van der Waals surface area contributed by atoms with Gasteiger partial charge in [-0.15, -0.1) is 0 Å². The average molecular weight is 335 g/mol. The Labute approximate surface area is 146 Å². The molecule has 0 aromatic rings. The normalized spacial score (nSPS) is 27.3. The van der Waals surface area contributed by atoms with Gasteiger partial charge in [-0.2, -0.15) is 0 Å². The molecule has 0 aromatic carbocycles. The van der Waals surface area contributed by atoms with Gasteiger partial charge in [-0.05, 0) is 38.0 Å². The summed E-state index contributed by atoms with van der Waals surface area (Å²) in [5, 5.41) is 0. The maximum absolute atomic E-state index is 12.9. The van der Waals surface area contributed by atoms with E-state index in [1.165, 1.54) is 51.4 Å². The molecule has 24 heavy (non-hydrogen) atoms. The minimum Gasteiger partial charge on any atom is -0.342 e. The topological polar surface area (TPSA) is 40.6 Å². The molecule has 1 atom stereocenters. The summed E-state index contributed by atoms with van der Waals surface area (Å²) in [7, 11) is 1.99. The van der Waals surface area contributed by atoms with Crippen molar-refractivity contribution in [2.24, 2.45) is 11.8 Å². The van der Waals surface area contributed by atoms with Gasteiger partial charge in [0, 0.05) is 32.6 Å². The predicted octanol–water partition coefficient (Wildman–Crippen LogP) is 3.60. The Balaban J connectivity index is 1.55. The van der Waals surface area contributed by atoms with Crippen LogP contribution in [0.3, 0.4) is 0 Å². The van der Waals surface area contributed by atoms with Crippen LogP contribution in [0.5, 0.6) is 0 Å². The van der Waals surface area contributed by atoms with E-state index < -0.39 is 0 Å². The molecular formula is C20H34N2O2. The van der Waals surface area contributed by atoms with Crippen LogP contribution in [0.25, 0.3) is 0 Å². The first-order valence-corrected chi connectivity index (χ1v) is 10.2. The molecule has 0 aromatic heterocycles. The van der Waals surface area contributed by atoms with Gasteiger partial charge in [0.2, 0.25) is 11.8 Å². The van der Waals surface area contributed by atoms with Gasteiger partial charge in [0.15, 0.2) is 0 Å². The number of carbonyl (C=O) groups excluding carboxylic acids is 2. The monoisotopic (exact) mass is 334 g/mol. The Morgan fingerprint density at radius 1 is 1.00 bits per heavy atom. The summed E-state index contributed by atoms with van der Waals surface area (Å²) in [6.45, 7) is 1.54.